The van der Waals surface area contributed by atoms with Gasteiger partial charge in [0.05, 0.1) is 0 Å². The third-order valence-corrected chi connectivity index (χ3v) is 2.57. The molecule has 1 rings (SSSR count). The summed E-state index contributed by atoms with van der Waals surface area (Å²) >= 11 is 3.09. The molecule has 5 nitrogen and oxygen atoms in total. The third-order valence-electron chi connectivity index (χ3n) is 2.08. The van der Waals surface area contributed by atoms with E-state index in [-0.39, 0.29) is 12.0 Å². The molecule has 0 aliphatic carbocycles. The molecule has 92 valence electrons. The highest BCUT2D eigenvalue weighted by atomic mass is 79.9. The summed E-state index contributed by atoms with van der Waals surface area (Å²) in [6.07, 6.45) is -1.51. The molecule has 0 saturated heterocycles. The molecule has 1 aromatic rings. The lowest BCUT2D eigenvalue weighted by Gasteiger charge is -2.13. The Kier molecular flexibility index (Phi) is 4.45. The molecule has 0 aliphatic heterocycles. The highest BCUT2D eigenvalue weighted by molar-refractivity contribution is 9.10. The summed E-state index contributed by atoms with van der Waals surface area (Å²) in [4.78, 5) is 21.4. The molecule has 4 N–H and O–H groups in total. The molecule has 0 fully saturated rings. The van der Waals surface area contributed by atoms with Gasteiger partial charge in [-0.25, -0.2) is 9.18 Å². The van der Waals surface area contributed by atoms with Gasteiger partial charge in [0.15, 0.2) is 0 Å². The number of amides is 2. The van der Waals surface area contributed by atoms with Gasteiger partial charge in [-0.3, -0.25) is 4.79 Å². The molecule has 0 radical (unpaired) electrons. The van der Waals surface area contributed by atoms with E-state index in [1.165, 1.54) is 12.1 Å². The highest BCUT2D eigenvalue weighted by Gasteiger charge is 2.19. The fourth-order valence-electron chi connectivity index (χ4n) is 1.28. The second-order valence-corrected chi connectivity index (χ2v) is 4.26. The first-order valence-electron chi connectivity index (χ1n) is 4.63. The summed E-state index contributed by atoms with van der Waals surface area (Å²) in [5.74, 6) is -1.38. The van der Waals surface area contributed by atoms with Crippen LogP contribution in [-0.2, 0) is 11.2 Å². The number of nitrogens with one attached hydrogen (secondary N) is 1. The summed E-state index contributed by atoms with van der Waals surface area (Å²) in [5, 5.41) is 10.4. The van der Waals surface area contributed by atoms with E-state index in [1.807, 2.05) is 5.32 Å². The molecule has 1 atom stereocenters. The van der Waals surface area contributed by atoms with Crippen LogP contribution in [0.4, 0.5) is 9.18 Å². The molecule has 0 aliphatic rings. The lowest BCUT2D eigenvalue weighted by molar-refractivity contribution is -0.119. The van der Waals surface area contributed by atoms with E-state index in [2.05, 4.69) is 15.9 Å². The Morgan fingerprint density at radius 1 is 1.53 bits per heavy atom. The van der Waals surface area contributed by atoms with E-state index in [0.29, 0.717) is 4.47 Å². The van der Waals surface area contributed by atoms with Crippen LogP contribution in [0.15, 0.2) is 22.7 Å². The van der Waals surface area contributed by atoms with E-state index in [1.54, 1.807) is 6.07 Å². The Labute approximate surface area is 105 Å². The number of carboxylic acid groups (broad SMARTS) is 1. The van der Waals surface area contributed by atoms with Gasteiger partial charge in [-0.05, 0) is 17.7 Å². The fraction of sp³-hybridized carbons (Fsp3) is 0.200. The standard InChI is InChI=1S/C10H10BrFN2O3/c11-6-2-1-5(7(12)4-6)3-8(9(13)15)14-10(16)17/h1-2,4,8,14H,3H2,(H2,13,15)(H,16,17). The number of rotatable bonds is 4. The number of nitrogens with two attached hydrogens (primary N) is 1. The zero-order chi connectivity index (χ0) is 13.0. The summed E-state index contributed by atoms with van der Waals surface area (Å²) in [7, 11) is 0. The summed E-state index contributed by atoms with van der Waals surface area (Å²) in [6.45, 7) is 0. The molecule has 0 spiro atoms. The van der Waals surface area contributed by atoms with Crippen molar-refractivity contribution in [1.82, 2.24) is 5.32 Å². The quantitative estimate of drug-likeness (QED) is 0.781. The van der Waals surface area contributed by atoms with Crippen molar-refractivity contribution < 1.29 is 19.1 Å². The Hall–Kier alpha value is -1.63. The van der Waals surface area contributed by atoms with Crippen LogP contribution in [0, 0.1) is 5.82 Å². The minimum absolute atomic E-state index is 0.124. The molecular weight excluding hydrogens is 295 g/mol. The van der Waals surface area contributed by atoms with Gasteiger partial charge in [0, 0.05) is 10.9 Å². The summed E-state index contributed by atoms with van der Waals surface area (Å²) in [6, 6.07) is 3.13. The van der Waals surface area contributed by atoms with Gasteiger partial charge in [0.25, 0.3) is 0 Å². The first-order valence-corrected chi connectivity index (χ1v) is 5.42. The van der Waals surface area contributed by atoms with E-state index in [0.717, 1.165) is 0 Å². The zero-order valence-electron chi connectivity index (χ0n) is 8.61. The molecule has 1 aromatic carbocycles. The first-order chi connectivity index (χ1) is 7.90. The first kappa shape index (κ1) is 13.4. The lowest BCUT2D eigenvalue weighted by atomic mass is 10.1. The Morgan fingerprint density at radius 2 is 2.18 bits per heavy atom. The number of benzene rings is 1. The average Bonchev–Trinajstić information content (AvgIpc) is 2.19. The van der Waals surface area contributed by atoms with Crippen LogP contribution in [0.3, 0.4) is 0 Å². The van der Waals surface area contributed by atoms with Crippen LogP contribution in [0.5, 0.6) is 0 Å². The molecular formula is C10H10BrFN2O3. The van der Waals surface area contributed by atoms with Crippen molar-refractivity contribution in [3.8, 4) is 0 Å². The number of carbonyl (C=O) groups is 2. The van der Waals surface area contributed by atoms with E-state index < -0.39 is 23.9 Å². The van der Waals surface area contributed by atoms with Crippen molar-refractivity contribution in [2.45, 2.75) is 12.5 Å². The SMILES string of the molecule is NC(=O)C(Cc1ccc(Br)cc1F)NC(=O)O. The topological polar surface area (TPSA) is 92.4 Å². The normalized spacial score (nSPS) is 11.9. The molecule has 2 amide bonds. The number of carbonyl (C=O) groups excluding carboxylic acids is 1. The molecule has 7 heteroatoms. The number of halogens is 2. The maximum absolute atomic E-state index is 13.5. The van der Waals surface area contributed by atoms with Gasteiger partial charge in [-0.2, -0.15) is 0 Å². The minimum atomic E-state index is -1.38. The van der Waals surface area contributed by atoms with Crippen LogP contribution in [0.25, 0.3) is 0 Å². The zero-order valence-corrected chi connectivity index (χ0v) is 10.2. The molecule has 0 heterocycles. The van der Waals surface area contributed by atoms with Crippen molar-refractivity contribution >= 4 is 27.9 Å². The number of hydrogen-bond donors (Lipinski definition) is 3. The smallest absolute Gasteiger partial charge is 0.405 e. The lowest BCUT2D eigenvalue weighted by Crippen LogP contribution is -2.45. The number of primary amides is 1. The van der Waals surface area contributed by atoms with Crippen LogP contribution in [-0.4, -0.2) is 23.1 Å². The predicted molar refractivity (Wildman–Crippen MR) is 61.9 cm³/mol. The minimum Gasteiger partial charge on any atom is -0.465 e. The van der Waals surface area contributed by atoms with Crippen molar-refractivity contribution in [2.75, 3.05) is 0 Å². The van der Waals surface area contributed by atoms with Gasteiger partial charge in [0.1, 0.15) is 11.9 Å². The van der Waals surface area contributed by atoms with Crippen LogP contribution in [0.2, 0.25) is 0 Å². The molecule has 17 heavy (non-hydrogen) atoms. The van der Waals surface area contributed by atoms with Crippen LogP contribution >= 0.6 is 15.9 Å². The van der Waals surface area contributed by atoms with Gasteiger partial charge >= 0.3 is 6.09 Å². The Balaban J connectivity index is 2.86. The largest absolute Gasteiger partial charge is 0.465 e. The monoisotopic (exact) mass is 304 g/mol. The maximum Gasteiger partial charge on any atom is 0.405 e. The van der Waals surface area contributed by atoms with E-state index in [9.17, 15) is 14.0 Å². The van der Waals surface area contributed by atoms with Gasteiger partial charge in [0.2, 0.25) is 5.91 Å². The van der Waals surface area contributed by atoms with Crippen molar-refractivity contribution in [3.63, 3.8) is 0 Å². The van der Waals surface area contributed by atoms with Gasteiger partial charge < -0.3 is 16.2 Å². The van der Waals surface area contributed by atoms with E-state index in [4.69, 9.17) is 10.8 Å². The van der Waals surface area contributed by atoms with Crippen molar-refractivity contribution in [1.29, 1.82) is 0 Å². The Bertz CT molecular complexity index is 453. The third kappa shape index (κ3) is 4.03. The summed E-state index contributed by atoms with van der Waals surface area (Å²) in [5.41, 5.74) is 5.23. The van der Waals surface area contributed by atoms with Gasteiger partial charge in [-0.15, -0.1) is 0 Å². The van der Waals surface area contributed by atoms with Gasteiger partial charge in [-0.1, -0.05) is 22.0 Å². The highest BCUT2D eigenvalue weighted by Crippen LogP contribution is 2.16. The predicted octanol–water partition coefficient (Wildman–Crippen LogP) is 1.25. The average molecular weight is 305 g/mol. The Morgan fingerprint density at radius 3 is 2.65 bits per heavy atom. The molecule has 1 unspecified atom stereocenters. The van der Waals surface area contributed by atoms with Crippen LogP contribution in [0.1, 0.15) is 5.56 Å². The second kappa shape index (κ2) is 5.62. The summed E-state index contributed by atoms with van der Waals surface area (Å²) < 4.78 is 14.0. The molecule has 0 aromatic heterocycles. The van der Waals surface area contributed by atoms with Crippen molar-refractivity contribution in [2.24, 2.45) is 5.73 Å². The number of hydrogen-bond acceptors (Lipinski definition) is 2. The maximum atomic E-state index is 13.5. The fourth-order valence-corrected chi connectivity index (χ4v) is 1.61. The second-order valence-electron chi connectivity index (χ2n) is 3.34. The van der Waals surface area contributed by atoms with Crippen molar-refractivity contribution in [3.05, 3.63) is 34.1 Å². The molecule has 0 bridgehead atoms. The molecule has 0 saturated carbocycles. The van der Waals surface area contributed by atoms with Crippen LogP contribution < -0.4 is 11.1 Å². The van der Waals surface area contributed by atoms with E-state index >= 15 is 0 Å².